The van der Waals surface area contributed by atoms with Gasteiger partial charge in [-0.2, -0.15) is 0 Å². The van der Waals surface area contributed by atoms with Crippen LogP contribution in [-0.2, 0) is 4.79 Å². The Morgan fingerprint density at radius 3 is 2.62 bits per heavy atom. The second-order valence-electron chi connectivity index (χ2n) is 5.30. The Balaban J connectivity index is 1.85. The fourth-order valence-electron chi connectivity index (χ4n) is 2.16. The summed E-state index contributed by atoms with van der Waals surface area (Å²) in [6, 6.07) is 18.3. The van der Waals surface area contributed by atoms with E-state index in [-0.39, 0.29) is 5.91 Å². The van der Waals surface area contributed by atoms with Crippen LogP contribution < -0.4 is 5.32 Å². The van der Waals surface area contributed by atoms with Gasteiger partial charge in [-0.1, -0.05) is 67.1 Å². The highest BCUT2D eigenvalue weighted by atomic mass is 16.1. The first-order valence-electron chi connectivity index (χ1n) is 7.22. The van der Waals surface area contributed by atoms with Crippen LogP contribution in [0, 0.1) is 6.92 Å². The van der Waals surface area contributed by atoms with Gasteiger partial charge in [0.2, 0.25) is 5.91 Å². The fraction of sp³-hybridized carbons (Fsp3) is 0.211. The molecule has 108 valence electrons. The lowest BCUT2D eigenvalue weighted by Gasteiger charge is -2.11. The van der Waals surface area contributed by atoms with Gasteiger partial charge in [-0.05, 0) is 30.0 Å². The van der Waals surface area contributed by atoms with Gasteiger partial charge in [0.1, 0.15) is 0 Å². The number of nitrogens with one attached hydrogen (secondary N) is 1. The van der Waals surface area contributed by atoms with Crippen LogP contribution in [0.1, 0.15) is 29.5 Å². The summed E-state index contributed by atoms with van der Waals surface area (Å²) in [5, 5.41) is 2.94. The molecule has 0 saturated heterocycles. The van der Waals surface area contributed by atoms with E-state index in [4.69, 9.17) is 0 Å². The van der Waals surface area contributed by atoms with Gasteiger partial charge in [-0.25, -0.2) is 0 Å². The minimum atomic E-state index is -0.0562. The molecule has 0 radical (unpaired) electrons. The van der Waals surface area contributed by atoms with Crippen LogP contribution in [0.3, 0.4) is 0 Å². The third-order valence-electron chi connectivity index (χ3n) is 3.42. The fourth-order valence-corrected chi connectivity index (χ4v) is 2.16. The van der Waals surface area contributed by atoms with E-state index in [2.05, 4.69) is 30.4 Å². The first-order valence-corrected chi connectivity index (χ1v) is 7.22. The molecule has 2 rings (SSSR count). The molecular weight excluding hydrogens is 258 g/mol. The smallest absolute Gasteiger partial charge is 0.244 e. The second kappa shape index (κ2) is 7.44. The first kappa shape index (κ1) is 15.0. The van der Waals surface area contributed by atoms with Crippen molar-refractivity contribution >= 4 is 12.0 Å². The lowest BCUT2D eigenvalue weighted by Crippen LogP contribution is -2.25. The zero-order valence-corrected chi connectivity index (χ0v) is 12.5. The molecule has 2 nitrogen and oxygen atoms in total. The highest BCUT2D eigenvalue weighted by Crippen LogP contribution is 2.13. The Hall–Kier alpha value is -2.35. The van der Waals surface area contributed by atoms with Crippen molar-refractivity contribution in [2.24, 2.45) is 0 Å². The number of hydrogen-bond donors (Lipinski definition) is 1. The average molecular weight is 279 g/mol. The average Bonchev–Trinajstić information content (AvgIpc) is 2.51. The number of carbonyl (C=O) groups excluding carboxylic acids is 1. The van der Waals surface area contributed by atoms with Crippen LogP contribution >= 0.6 is 0 Å². The Morgan fingerprint density at radius 1 is 1.14 bits per heavy atom. The Morgan fingerprint density at radius 2 is 1.90 bits per heavy atom. The SMILES string of the molecule is Cc1cccc(/C=C/C(=O)NCC(C)c2ccccc2)c1. The molecule has 1 N–H and O–H groups in total. The topological polar surface area (TPSA) is 29.1 Å². The van der Waals surface area contributed by atoms with Crippen molar-refractivity contribution in [1.82, 2.24) is 5.32 Å². The van der Waals surface area contributed by atoms with Gasteiger partial charge in [0, 0.05) is 12.6 Å². The van der Waals surface area contributed by atoms with Crippen molar-refractivity contribution in [3.63, 3.8) is 0 Å². The summed E-state index contributed by atoms with van der Waals surface area (Å²) in [5.74, 6) is 0.252. The highest BCUT2D eigenvalue weighted by molar-refractivity contribution is 5.91. The predicted octanol–water partition coefficient (Wildman–Crippen LogP) is 3.93. The molecule has 2 heteroatoms. The molecule has 0 aliphatic heterocycles. The van der Waals surface area contributed by atoms with Crippen molar-refractivity contribution in [1.29, 1.82) is 0 Å². The Kier molecular flexibility index (Phi) is 5.33. The highest BCUT2D eigenvalue weighted by Gasteiger charge is 2.05. The van der Waals surface area contributed by atoms with Crippen molar-refractivity contribution in [3.8, 4) is 0 Å². The number of benzene rings is 2. The number of rotatable bonds is 5. The summed E-state index contributed by atoms with van der Waals surface area (Å²) in [4.78, 5) is 11.8. The van der Waals surface area contributed by atoms with Crippen LogP contribution in [0.2, 0.25) is 0 Å². The number of aryl methyl sites for hydroxylation is 1. The van der Waals surface area contributed by atoms with Crippen LogP contribution in [0.15, 0.2) is 60.7 Å². The van der Waals surface area contributed by atoms with E-state index in [0.717, 1.165) is 5.56 Å². The van der Waals surface area contributed by atoms with Crippen LogP contribution in [-0.4, -0.2) is 12.5 Å². The van der Waals surface area contributed by atoms with Gasteiger partial charge in [-0.3, -0.25) is 4.79 Å². The number of carbonyl (C=O) groups is 1. The van der Waals surface area contributed by atoms with E-state index in [1.54, 1.807) is 6.08 Å². The normalized spacial score (nSPS) is 12.3. The molecule has 1 unspecified atom stereocenters. The minimum absolute atomic E-state index is 0.0562. The predicted molar refractivity (Wildman–Crippen MR) is 88.1 cm³/mol. The lowest BCUT2D eigenvalue weighted by atomic mass is 10.0. The molecule has 0 saturated carbocycles. The van der Waals surface area contributed by atoms with E-state index in [0.29, 0.717) is 12.5 Å². The maximum atomic E-state index is 11.8. The molecule has 1 atom stereocenters. The monoisotopic (exact) mass is 279 g/mol. The van der Waals surface area contributed by atoms with E-state index >= 15 is 0 Å². The molecule has 0 aliphatic rings. The molecule has 0 spiro atoms. The largest absolute Gasteiger partial charge is 0.352 e. The standard InChI is InChI=1S/C19H21NO/c1-15-7-6-8-17(13-15)11-12-19(21)20-14-16(2)18-9-4-3-5-10-18/h3-13,16H,14H2,1-2H3,(H,20,21)/b12-11+. The van der Waals surface area contributed by atoms with E-state index in [1.165, 1.54) is 11.1 Å². The quantitative estimate of drug-likeness (QED) is 0.826. The summed E-state index contributed by atoms with van der Waals surface area (Å²) in [7, 11) is 0. The summed E-state index contributed by atoms with van der Waals surface area (Å²) in [6.07, 6.45) is 3.43. The zero-order valence-electron chi connectivity index (χ0n) is 12.5. The van der Waals surface area contributed by atoms with Crippen molar-refractivity contribution in [2.45, 2.75) is 19.8 Å². The molecule has 2 aromatic rings. The van der Waals surface area contributed by atoms with Gasteiger partial charge in [0.15, 0.2) is 0 Å². The van der Waals surface area contributed by atoms with Crippen molar-refractivity contribution in [3.05, 3.63) is 77.4 Å². The maximum Gasteiger partial charge on any atom is 0.244 e. The van der Waals surface area contributed by atoms with Crippen LogP contribution in [0.25, 0.3) is 6.08 Å². The van der Waals surface area contributed by atoms with E-state index in [1.807, 2.05) is 49.4 Å². The van der Waals surface area contributed by atoms with Gasteiger partial charge >= 0.3 is 0 Å². The summed E-state index contributed by atoms with van der Waals surface area (Å²) >= 11 is 0. The molecule has 21 heavy (non-hydrogen) atoms. The van der Waals surface area contributed by atoms with Gasteiger partial charge < -0.3 is 5.32 Å². The van der Waals surface area contributed by atoms with Crippen molar-refractivity contribution < 1.29 is 4.79 Å². The number of hydrogen-bond acceptors (Lipinski definition) is 1. The molecule has 2 aromatic carbocycles. The molecular formula is C19H21NO. The van der Waals surface area contributed by atoms with Gasteiger partial charge in [-0.15, -0.1) is 0 Å². The summed E-state index contributed by atoms with van der Waals surface area (Å²) in [6.45, 7) is 4.79. The van der Waals surface area contributed by atoms with E-state index < -0.39 is 0 Å². The minimum Gasteiger partial charge on any atom is -0.352 e. The molecule has 0 aromatic heterocycles. The molecule has 0 aliphatic carbocycles. The number of amides is 1. The zero-order chi connectivity index (χ0) is 15.1. The third-order valence-corrected chi connectivity index (χ3v) is 3.42. The maximum absolute atomic E-state index is 11.8. The molecule has 0 bridgehead atoms. The molecule has 1 amide bonds. The molecule has 0 heterocycles. The Bertz CT molecular complexity index is 616. The molecule has 0 fully saturated rings. The summed E-state index contributed by atoms with van der Waals surface area (Å²) in [5.41, 5.74) is 3.47. The Labute approximate surface area is 126 Å². The lowest BCUT2D eigenvalue weighted by molar-refractivity contribution is -0.116. The van der Waals surface area contributed by atoms with E-state index in [9.17, 15) is 4.79 Å². The van der Waals surface area contributed by atoms with Crippen LogP contribution in [0.4, 0.5) is 0 Å². The van der Waals surface area contributed by atoms with Crippen molar-refractivity contribution in [2.75, 3.05) is 6.54 Å². The first-order chi connectivity index (χ1) is 10.1. The van der Waals surface area contributed by atoms with Gasteiger partial charge in [0.25, 0.3) is 0 Å². The third kappa shape index (κ3) is 4.92. The van der Waals surface area contributed by atoms with Gasteiger partial charge in [0.05, 0.1) is 0 Å². The second-order valence-corrected chi connectivity index (χ2v) is 5.30. The summed E-state index contributed by atoms with van der Waals surface area (Å²) < 4.78 is 0. The van der Waals surface area contributed by atoms with Crippen LogP contribution in [0.5, 0.6) is 0 Å².